The van der Waals surface area contributed by atoms with Gasteiger partial charge in [0.25, 0.3) is 0 Å². The minimum atomic E-state index is -1.20. The van der Waals surface area contributed by atoms with E-state index in [1.54, 1.807) is 11.0 Å². The number of nitrogens with zero attached hydrogens (tertiary/aromatic N) is 2. The smallest absolute Gasteiger partial charge is 0.312 e. The number of allylic oxidation sites excluding steroid dienone is 1. The minimum absolute atomic E-state index is 0.253. The number of hydrogen-bond donors (Lipinski definition) is 1. The zero-order valence-corrected chi connectivity index (χ0v) is 25.0. The van der Waals surface area contributed by atoms with Gasteiger partial charge in [0.15, 0.2) is 0 Å². The van der Waals surface area contributed by atoms with E-state index in [4.69, 9.17) is 9.47 Å². The molecule has 1 aromatic carbocycles. The van der Waals surface area contributed by atoms with Crippen molar-refractivity contribution < 1.29 is 29.0 Å². The zero-order valence-electron chi connectivity index (χ0n) is 25.0. The van der Waals surface area contributed by atoms with Gasteiger partial charge in [0.05, 0.1) is 30.8 Å². The number of benzene rings is 1. The van der Waals surface area contributed by atoms with E-state index in [0.29, 0.717) is 31.2 Å². The number of carbonyl (C=O) groups excluding carboxylic acids is 3. The molecule has 0 radical (unpaired) electrons. The molecular weight excluding hydrogens is 520 g/mol. The molecule has 6 atom stereocenters. The number of ether oxygens (including phenoxy) is 2. The lowest BCUT2D eigenvalue weighted by atomic mass is 9.65. The van der Waals surface area contributed by atoms with Gasteiger partial charge < -0.3 is 24.4 Å². The summed E-state index contributed by atoms with van der Waals surface area (Å²) >= 11 is 0. The number of esters is 1. The first-order valence-corrected chi connectivity index (χ1v) is 14.9. The lowest BCUT2D eigenvalue weighted by molar-refractivity contribution is -0.164. The van der Waals surface area contributed by atoms with Crippen LogP contribution in [0.5, 0.6) is 0 Å². The second kappa shape index (κ2) is 12.1. The van der Waals surface area contributed by atoms with Gasteiger partial charge in [-0.25, -0.2) is 0 Å². The molecule has 8 nitrogen and oxygen atoms in total. The van der Waals surface area contributed by atoms with E-state index in [0.717, 1.165) is 12.8 Å². The van der Waals surface area contributed by atoms with E-state index in [2.05, 4.69) is 13.2 Å². The fourth-order valence-electron chi connectivity index (χ4n) is 7.28. The molecule has 0 aromatic heterocycles. The molecule has 2 amide bonds. The fourth-order valence-corrected chi connectivity index (χ4v) is 7.28. The molecule has 8 heteroatoms. The van der Waals surface area contributed by atoms with E-state index in [9.17, 15) is 19.5 Å². The number of likely N-dealkylation sites (tertiary alicyclic amines) is 1. The van der Waals surface area contributed by atoms with Gasteiger partial charge in [-0.2, -0.15) is 0 Å². The Morgan fingerprint density at radius 1 is 1.20 bits per heavy atom. The molecule has 3 aliphatic heterocycles. The fraction of sp³-hybridized carbons (Fsp3) is 0.606. The van der Waals surface area contributed by atoms with Gasteiger partial charge in [-0.15, -0.1) is 13.2 Å². The molecule has 0 saturated carbocycles. The van der Waals surface area contributed by atoms with Crippen molar-refractivity contribution in [3.05, 3.63) is 61.2 Å². The lowest BCUT2D eigenvalue weighted by Gasteiger charge is -2.43. The number of unbranched alkanes of at least 4 members (excludes halogenated alkanes) is 2. The quantitative estimate of drug-likeness (QED) is 0.213. The van der Waals surface area contributed by atoms with E-state index in [1.807, 2.05) is 64.1 Å². The second-order valence-corrected chi connectivity index (χ2v) is 12.5. The van der Waals surface area contributed by atoms with Gasteiger partial charge in [0, 0.05) is 12.1 Å². The number of aliphatic hydroxyl groups is 1. The molecule has 2 bridgehead atoms. The summed E-state index contributed by atoms with van der Waals surface area (Å²) in [5, 5.41) is 10.7. The summed E-state index contributed by atoms with van der Waals surface area (Å²) < 4.78 is 12.6. The van der Waals surface area contributed by atoms with Crippen molar-refractivity contribution in [3.8, 4) is 0 Å². The topological polar surface area (TPSA) is 96.4 Å². The van der Waals surface area contributed by atoms with Crippen LogP contribution in [0.3, 0.4) is 0 Å². The normalized spacial score (nSPS) is 29.2. The largest absolute Gasteiger partial charge is 0.465 e. The van der Waals surface area contributed by atoms with Gasteiger partial charge in [-0.05, 0) is 64.9 Å². The van der Waals surface area contributed by atoms with Crippen molar-refractivity contribution in [2.75, 3.05) is 19.8 Å². The summed E-state index contributed by atoms with van der Waals surface area (Å²) in [6.45, 7) is 15.5. The van der Waals surface area contributed by atoms with Crippen molar-refractivity contribution in [1.29, 1.82) is 0 Å². The molecule has 41 heavy (non-hydrogen) atoms. The van der Waals surface area contributed by atoms with Crippen LogP contribution in [0.15, 0.2) is 55.6 Å². The molecule has 1 spiro atoms. The maximum atomic E-state index is 14.7. The standard InChI is InChI=1S/C33H46N2O6/c1-7-10-11-15-21-40-30(39)26-25-28(37)35(24(22-36)23-16-13-12-14-17-23)27(29(38)34(20-8-2)31(4,5)6)33(25)19-18-32(26,9-3)41-33/h7-8,12-14,16-17,24-27,36H,1-2,9-11,15,18-22H2,3-6H3/t24-,25+,26+,27?,32-,33?/m1/s1. The molecule has 2 unspecified atom stereocenters. The van der Waals surface area contributed by atoms with Crippen LogP contribution >= 0.6 is 0 Å². The van der Waals surface area contributed by atoms with Crippen LogP contribution in [-0.4, -0.2) is 75.2 Å². The maximum Gasteiger partial charge on any atom is 0.312 e. The Labute approximate surface area is 244 Å². The van der Waals surface area contributed by atoms with Crippen LogP contribution < -0.4 is 0 Å². The summed E-state index contributed by atoms with van der Waals surface area (Å²) in [5.74, 6) is -2.77. The number of hydrogen-bond acceptors (Lipinski definition) is 6. The predicted molar refractivity (Wildman–Crippen MR) is 157 cm³/mol. The van der Waals surface area contributed by atoms with Crippen molar-refractivity contribution in [3.63, 3.8) is 0 Å². The van der Waals surface area contributed by atoms with Crippen LogP contribution in [0.2, 0.25) is 0 Å². The second-order valence-electron chi connectivity index (χ2n) is 12.5. The molecule has 3 aliphatic rings. The molecule has 3 heterocycles. The van der Waals surface area contributed by atoms with Crippen LogP contribution in [-0.2, 0) is 23.9 Å². The Morgan fingerprint density at radius 2 is 1.90 bits per heavy atom. The van der Waals surface area contributed by atoms with Gasteiger partial charge in [0.1, 0.15) is 17.6 Å². The number of fused-ring (bicyclic) bond motifs is 1. The summed E-state index contributed by atoms with van der Waals surface area (Å²) in [6, 6.07) is 7.43. The maximum absolute atomic E-state index is 14.7. The third-order valence-electron chi connectivity index (χ3n) is 9.23. The van der Waals surface area contributed by atoms with Gasteiger partial charge in [0.2, 0.25) is 11.8 Å². The zero-order chi connectivity index (χ0) is 30.0. The average molecular weight is 567 g/mol. The molecule has 4 rings (SSSR count). The highest BCUT2D eigenvalue weighted by atomic mass is 16.6. The Balaban J connectivity index is 1.81. The van der Waals surface area contributed by atoms with Crippen molar-refractivity contribution in [2.24, 2.45) is 11.8 Å². The van der Waals surface area contributed by atoms with Crippen LogP contribution in [0.25, 0.3) is 0 Å². The number of rotatable bonds is 13. The first-order chi connectivity index (χ1) is 19.5. The first-order valence-electron chi connectivity index (χ1n) is 14.9. The van der Waals surface area contributed by atoms with Crippen molar-refractivity contribution in [1.82, 2.24) is 9.80 Å². The first kappa shape index (κ1) is 31.0. The highest BCUT2D eigenvalue weighted by Crippen LogP contribution is 2.65. The van der Waals surface area contributed by atoms with Crippen LogP contribution in [0, 0.1) is 11.8 Å². The highest BCUT2D eigenvalue weighted by Gasteiger charge is 2.79. The van der Waals surface area contributed by atoms with Crippen molar-refractivity contribution >= 4 is 17.8 Å². The molecule has 3 saturated heterocycles. The molecular formula is C33H46N2O6. The Bertz CT molecular complexity index is 1150. The number of aliphatic hydroxyl groups excluding tert-OH is 1. The minimum Gasteiger partial charge on any atom is -0.465 e. The van der Waals surface area contributed by atoms with Crippen LogP contribution in [0.4, 0.5) is 0 Å². The SMILES string of the molecule is C=CCCCCOC(=O)[C@@H]1[C@H]2C(=O)N([C@H](CO)c3ccccc3)C(C(=O)N(CC=C)C(C)(C)C)C23CC[C@@]1(CC)O3. The molecule has 1 N–H and O–H groups in total. The Morgan fingerprint density at radius 3 is 2.49 bits per heavy atom. The number of carbonyl (C=O) groups is 3. The van der Waals surface area contributed by atoms with Crippen molar-refractivity contribution in [2.45, 2.75) is 95.0 Å². The summed E-state index contributed by atoms with van der Waals surface area (Å²) in [6.07, 6.45) is 7.43. The molecule has 3 fully saturated rings. The lowest BCUT2D eigenvalue weighted by Crippen LogP contribution is -2.60. The Kier molecular flexibility index (Phi) is 9.14. The predicted octanol–water partition coefficient (Wildman–Crippen LogP) is 4.59. The highest BCUT2D eigenvalue weighted by molar-refractivity contribution is 5.99. The van der Waals surface area contributed by atoms with Crippen LogP contribution in [0.1, 0.15) is 77.8 Å². The monoisotopic (exact) mass is 566 g/mol. The summed E-state index contributed by atoms with van der Waals surface area (Å²) in [7, 11) is 0. The van der Waals surface area contributed by atoms with E-state index in [-0.39, 0.29) is 31.6 Å². The summed E-state index contributed by atoms with van der Waals surface area (Å²) in [5.41, 5.74) is -1.94. The van der Waals surface area contributed by atoms with Gasteiger partial charge >= 0.3 is 5.97 Å². The third kappa shape index (κ3) is 5.25. The van der Waals surface area contributed by atoms with Gasteiger partial charge in [-0.1, -0.05) is 49.4 Å². The van der Waals surface area contributed by atoms with Gasteiger partial charge in [-0.3, -0.25) is 14.4 Å². The van der Waals surface area contributed by atoms with E-state index < -0.39 is 46.6 Å². The summed E-state index contributed by atoms with van der Waals surface area (Å²) in [4.78, 5) is 46.2. The molecule has 0 aliphatic carbocycles. The number of amides is 2. The molecule has 224 valence electrons. The van der Waals surface area contributed by atoms with E-state index >= 15 is 0 Å². The Hall–Kier alpha value is -2.97. The molecule has 1 aromatic rings. The van der Waals surface area contributed by atoms with E-state index in [1.165, 1.54) is 4.90 Å². The average Bonchev–Trinajstić information content (AvgIpc) is 3.55. The third-order valence-corrected chi connectivity index (χ3v) is 9.23.